The van der Waals surface area contributed by atoms with E-state index in [-0.39, 0.29) is 28.7 Å². The van der Waals surface area contributed by atoms with Crippen molar-refractivity contribution in [2.24, 2.45) is 26.9 Å². The van der Waals surface area contributed by atoms with E-state index in [9.17, 15) is 124 Å². The average Bonchev–Trinajstić information content (AvgIpc) is 0.767. The Morgan fingerprint density at radius 1 is 0.375 bits per heavy atom. The summed E-state index contributed by atoms with van der Waals surface area (Å²) in [5.41, 5.74) is 8.93. The molecule has 0 aliphatic heterocycles. The average molecular weight is 1620 g/mol. The molecule has 56 heteroatoms. The Kier molecular flexibility index (Phi) is 33.3. The van der Waals surface area contributed by atoms with Gasteiger partial charge in [0.15, 0.2) is 26.3 Å². The summed E-state index contributed by atoms with van der Waals surface area (Å²) in [6, 6.07) is 33.8. The lowest BCUT2D eigenvalue weighted by Gasteiger charge is -2.17. The second-order valence-electron chi connectivity index (χ2n) is 16.9. The van der Waals surface area contributed by atoms with E-state index >= 15 is 0 Å². The monoisotopic (exact) mass is 1620 g/mol. The van der Waals surface area contributed by atoms with Gasteiger partial charge in [-0.05, 0) is 60.7 Å². The first-order chi connectivity index (χ1) is 43.1. The highest BCUT2D eigenvalue weighted by Gasteiger charge is 2.50. The first kappa shape index (κ1) is 88.5. The number of carbonyl (C=O) groups is 3. The molecule has 5 rings (SSSR count). The fourth-order valence-electron chi connectivity index (χ4n) is 5.28. The summed E-state index contributed by atoms with van der Waals surface area (Å²) in [5, 5.41) is 8.00. The van der Waals surface area contributed by atoms with E-state index in [4.69, 9.17) is 9.11 Å². The van der Waals surface area contributed by atoms with Gasteiger partial charge in [-0.15, -0.1) is 0 Å². The highest BCUT2D eigenvalue weighted by Crippen LogP contribution is 2.25. The van der Waals surface area contributed by atoms with Gasteiger partial charge >= 0.3 is 66.6 Å². The third-order valence-electron chi connectivity index (χ3n) is 8.08. The van der Waals surface area contributed by atoms with E-state index < -0.39 is 178 Å². The molecule has 0 saturated carbocycles. The van der Waals surface area contributed by atoms with Crippen molar-refractivity contribution in [3.05, 3.63) is 152 Å². The Balaban J connectivity index is 0.00000117. The first-order valence-corrected chi connectivity index (χ1v) is 44.3. The van der Waals surface area contributed by atoms with Gasteiger partial charge in [0.2, 0.25) is 40.2 Å². The maximum atomic E-state index is 12.3. The number of sulfone groups is 1. The third kappa shape index (κ3) is 41.4. The SMILES string of the molecule is CS(=O)(=O)C(S(=O)(=O)Oc1ccccc1)S(=O)(=O)Oc1ccccc1.NC(=O)NS(=O)(=O)CS(=O)(=O)NC(N)=O.NS(=O)(=O)CS(=O)(=O)Oc1ccccc1.NS(=O)(=O)CS(N)(=O)=O.O=CC(S(=O)(=O)O)S(=O)(=O)O.O=S(=O)(CS(=O)(=O)Oc1ccccc1)Oc1ccccc1. The van der Waals surface area contributed by atoms with Gasteiger partial charge in [-0.3, -0.25) is 9.11 Å². The molecule has 0 unspecified atom stereocenters. The van der Waals surface area contributed by atoms with Crippen LogP contribution in [0.2, 0.25) is 0 Å². The third-order valence-corrected chi connectivity index (χ3v) is 30.6. The molecule has 96 heavy (non-hydrogen) atoms. The molecular formula is C40H53N7O36S13. The number of primary sulfonamides is 3. The van der Waals surface area contributed by atoms with Crippen molar-refractivity contribution in [2.75, 3.05) is 26.6 Å². The topological polar surface area (TPSA) is 736 Å². The van der Waals surface area contributed by atoms with Crippen LogP contribution in [0.25, 0.3) is 0 Å². The number of benzene rings is 5. The minimum atomic E-state index is -5.11. The van der Waals surface area contributed by atoms with E-state index in [2.05, 4.69) is 47.8 Å². The van der Waals surface area contributed by atoms with Crippen molar-refractivity contribution in [1.29, 1.82) is 0 Å². The molecular weight excluding hydrogens is 1570 g/mol. The Hall–Kier alpha value is -7.54. The van der Waals surface area contributed by atoms with Crippen LogP contribution in [0.3, 0.4) is 0 Å². The van der Waals surface area contributed by atoms with Gasteiger partial charge in [0.25, 0.3) is 44.9 Å². The Labute approximate surface area is 550 Å². The van der Waals surface area contributed by atoms with E-state index in [1.807, 2.05) is 0 Å². The second-order valence-corrected chi connectivity index (χ2v) is 41.0. The van der Waals surface area contributed by atoms with Crippen LogP contribution < -0.4 is 57.2 Å². The number of carbonyl (C=O) groups excluding carboxylic acids is 3. The highest BCUT2D eigenvalue weighted by atomic mass is 32.3. The van der Waals surface area contributed by atoms with Crippen LogP contribution in [-0.4, -0.2) is 172 Å². The van der Waals surface area contributed by atoms with E-state index in [0.717, 1.165) is 0 Å². The largest absolute Gasteiger partial charge is 0.382 e. The van der Waals surface area contributed by atoms with Gasteiger partial charge in [0.1, 0.15) is 28.7 Å². The molecule has 0 aliphatic carbocycles. The number of rotatable bonds is 26. The predicted molar refractivity (Wildman–Crippen MR) is 334 cm³/mol. The second kappa shape index (κ2) is 36.2. The van der Waals surface area contributed by atoms with Gasteiger partial charge in [0, 0.05) is 6.26 Å². The lowest BCUT2D eigenvalue weighted by atomic mass is 10.3. The van der Waals surface area contributed by atoms with Gasteiger partial charge in [-0.25, -0.2) is 85.0 Å². The minimum absolute atomic E-state index is 0.0346. The maximum Gasteiger partial charge on any atom is 0.345 e. The lowest BCUT2D eigenvalue weighted by molar-refractivity contribution is -0.106. The number of para-hydroxylation sites is 5. The number of urea groups is 2. The van der Waals surface area contributed by atoms with Crippen molar-refractivity contribution >= 4 is 149 Å². The van der Waals surface area contributed by atoms with Crippen LogP contribution in [0.4, 0.5) is 9.59 Å². The van der Waals surface area contributed by atoms with Crippen molar-refractivity contribution < 1.29 is 154 Å². The maximum absolute atomic E-state index is 12.3. The molecule has 0 bridgehead atoms. The molecule has 542 valence electrons. The molecule has 5 aromatic carbocycles. The van der Waals surface area contributed by atoms with Gasteiger partial charge < -0.3 is 37.2 Å². The van der Waals surface area contributed by atoms with Crippen LogP contribution >= 0.6 is 0 Å². The van der Waals surface area contributed by atoms with E-state index in [1.165, 1.54) is 94.4 Å². The number of hydrogen-bond acceptors (Lipinski definition) is 34. The number of aldehydes is 1. The summed E-state index contributed by atoms with van der Waals surface area (Å²) in [5.74, 6) is -0.349. The van der Waals surface area contributed by atoms with Crippen molar-refractivity contribution in [2.45, 2.75) is 8.50 Å². The first-order valence-electron chi connectivity index (χ1n) is 23.2. The van der Waals surface area contributed by atoms with Crippen LogP contribution in [0.1, 0.15) is 0 Å². The number of amides is 4. The Morgan fingerprint density at radius 2 is 0.594 bits per heavy atom. The molecule has 0 saturated heterocycles. The standard InChI is InChI=1S/C14H14O8S3.C13H12O6S2.C7H9NO5S2.C3H8N4O6S2.C2H4O7S2.CH6N2O4S2/c1-23(15,16)14(24(17,18)21-12-8-4-2-5-9-12)25(19,20)22-13-10-6-3-7-11-13;14-20(15,18-12-7-3-1-4-8-12)11-21(16,17)19-13-9-5-2-6-10-13;8-14(9,10)6-15(11,12)13-7-4-2-1-3-5-7;4-2(8)6-14(10,11)1-15(12,13)7-3(5)9;3-1-2(10(4,5)6)11(7,8)9;2-8(4,5)1-9(3,6)7/h2-11,14H,1H3;1-10H,11H2;1-5H,6H2,(H2,8,9,10);1H2,(H3,4,6,8)(H3,5,7,9);1-2H,(H,4,5,6)(H,7,8,9);1H2,(H2,2,4,5)(H2,3,6,7). The summed E-state index contributed by atoms with van der Waals surface area (Å²) in [6.45, 7) is 0. The fourth-order valence-corrected chi connectivity index (χ4v) is 22.1. The highest BCUT2D eigenvalue weighted by molar-refractivity contribution is 8.21. The molecule has 0 spiro atoms. The summed E-state index contributed by atoms with van der Waals surface area (Å²) in [4.78, 5) is 30.0. The van der Waals surface area contributed by atoms with Crippen LogP contribution in [0.15, 0.2) is 152 Å². The quantitative estimate of drug-likeness (QED) is 0.0143. The zero-order valence-corrected chi connectivity index (χ0v) is 58.1. The van der Waals surface area contributed by atoms with Gasteiger partial charge in [0.05, 0.1) is 0 Å². The Bertz CT molecular complexity index is 4770. The molecule has 0 aromatic heterocycles. The number of nitrogens with one attached hydrogen (secondary N) is 2. The zero-order valence-electron chi connectivity index (χ0n) is 47.5. The lowest BCUT2D eigenvalue weighted by Crippen LogP contribution is -2.43. The summed E-state index contributed by atoms with van der Waals surface area (Å²) in [7, 11) is -58.9. The predicted octanol–water partition coefficient (Wildman–Crippen LogP) is -4.72. The molecule has 14 N–H and O–H groups in total. The van der Waals surface area contributed by atoms with Crippen molar-refractivity contribution in [3.8, 4) is 28.7 Å². The molecule has 43 nitrogen and oxygen atoms in total. The fraction of sp³-hybridized carbons (Fsp3) is 0.175. The van der Waals surface area contributed by atoms with Crippen LogP contribution in [0, 0.1) is 0 Å². The van der Waals surface area contributed by atoms with E-state index in [0.29, 0.717) is 6.26 Å². The molecule has 0 heterocycles. The smallest absolute Gasteiger partial charge is 0.345 e. The van der Waals surface area contributed by atoms with Gasteiger partial charge in [-0.2, -0.15) is 58.9 Å². The van der Waals surface area contributed by atoms with Crippen molar-refractivity contribution in [3.63, 3.8) is 0 Å². The summed E-state index contributed by atoms with van der Waals surface area (Å²) < 4.78 is 322. The molecule has 5 aromatic rings. The van der Waals surface area contributed by atoms with Gasteiger partial charge in [-0.1, -0.05) is 91.0 Å². The number of primary amides is 2. The van der Waals surface area contributed by atoms with E-state index in [1.54, 1.807) is 66.7 Å². The molecule has 0 aliphatic rings. The number of nitrogens with two attached hydrogens (primary N) is 5. The normalized spacial score (nSPS) is 12.5. The Morgan fingerprint density at radius 3 is 0.760 bits per heavy atom. The summed E-state index contributed by atoms with van der Waals surface area (Å²) in [6.07, 6.45) is -0.125. The molecule has 0 radical (unpaired) electrons. The minimum Gasteiger partial charge on any atom is -0.382 e. The van der Waals surface area contributed by atoms with Crippen LogP contribution in [0.5, 0.6) is 28.7 Å². The summed E-state index contributed by atoms with van der Waals surface area (Å²) >= 11 is 0. The number of hydrogen-bond donors (Lipinski definition) is 9. The molecule has 4 amide bonds. The van der Waals surface area contributed by atoms with Crippen LogP contribution in [-0.2, 0) is 136 Å². The molecule has 0 atom stereocenters. The molecule has 0 fully saturated rings. The zero-order chi connectivity index (χ0) is 74.9. The van der Waals surface area contributed by atoms with Crippen molar-refractivity contribution in [1.82, 2.24) is 9.44 Å². The number of sulfonamides is 5.